The molecule has 0 radical (unpaired) electrons. The van der Waals surface area contributed by atoms with Gasteiger partial charge >= 0.3 is 0 Å². The van der Waals surface area contributed by atoms with Crippen LogP contribution in [0, 0.1) is 6.92 Å². The van der Waals surface area contributed by atoms with Gasteiger partial charge in [0.05, 0.1) is 13.2 Å². The highest BCUT2D eigenvalue weighted by atomic mass is 16.5. The standard InChI is InChI=1S/C15H19N3O2/c1-11-3-2-4-12(7-11)8-14-17-15(20-18-14)9-13-10-19-6-5-16-13/h2-4,7,13,16H,5-6,8-10H2,1H3. The van der Waals surface area contributed by atoms with Crippen molar-refractivity contribution in [3.05, 3.63) is 47.1 Å². The zero-order valence-electron chi connectivity index (χ0n) is 11.6. The van der Waals surface area contributed by atoms with E-state index >= 15 is 0 Å². The number of benzene rings is 1. The monoisotopic (exact) mass is 273 g/mol. The van der Waals surface area contributed by atoms with Crippen LogP contribution in [-0.2, 0) is 17.6 Å². The molecule has 1 atom stereocenters. The molecule has 106 valence electrons. The van der Waals surface area contributed by atoms with Crippen molar-refractivity contribution >= 4 is 0 Å². The van der Waals surface area contributed by atoms with Crippen LogP contribution in [-0.4, -0.2) is 35.9 Å². The first kappa shape index (κ1) is 13.3. The SMILES string of the molecule is Cc1cccc(Cc2noc(CC3COCCN3)n2)c1. The highest BCUT2D eigenvalue weighted by molar-refractivity contribution is 5.24. The van der Waals surface area contributed by atoms with Gasteiger partial charge in [-0.3, -0.25) is 0 Å². The van der Waals surface area contributed by atoms with Crippen molar-refractivity contribution in [2.45, 2.75) is 25.8 Å². The average Bonchev–Trinajstić information content (AvgIpc) is 2.87. The van der Waals surface area contributed by atoms with Gasteiger partial charge in [-0.25, -0.2) is 0 Å². The smallest absolute Gasteiger partial charge is 0.228 e. The van der Waals surface area contributed by atoms with Crippen LogP contribution in [0.25, 0.3) is 0 Å². The largest absolute Gasteiger partial charge is 0.378 e. The number of nitrogens with one attached hydrogen (secondary N) is 1. The van der Waals surface area contributed by atoms with Crippen LogP contribution in [0.4, 0.5) is 0 Å². The molecule has 0 saturated carbocycles. The maximum absolute atomic E-state index is 5.42. The highest BCUT2D eigenvalue weighted by Crippen LogP contribution is 2.10. The number of ether oxygens (including phenoxy) is 1. The topological polar surface area (TPSA) is 60.2 Å². The lowest BCUT2D eigenvalue weighted by Crippen LogP contribution is -2.42. The molecule has 0 bridgehead atoms. The van der Waals surface area contributed by atoms with E-state index in [1.807, 2.05) is 0 Å². The third kappa shape index (κ3) is 3.43. The molecule has 0 amide bonds. The van der Waals surface area contributed by atoms with Crippen molar-refractivity contribution < 1.29 is 9.26 Å². The summed E-state index contributed by atoms with van der Waals surface area (Å²) in [7, 11) is 0. The molecule has 5 nitrogen and oxygen atoms in total. The van der Waals surface area contributed by atoms with Crippen molar-refractivity contribution in [3.8, 4) is 0 Å². The summed E-state index contributed by atoms with van der Waals surface area (Å²) < 4.78 is 10.7. The molecule has 3 rings (SSSR count). The summed E-state index contributed by atoms with van der Waals surface area (Å²) in [6.07, 6.45) is 1.43. The van der Waals surface area contributed by atoms with Crippen LogP contribution in [0.3, 0.4) is 0 Å². The molecule has 2 heterocycles. The molecule has 20 heavy (non-hydrogen) atoms. The number of aromatic nitrogens is 2. The number of hydrogen-bond acceptors (Lipinski definition) is 5. The summed E-state index contributed by atoms with van der Waals surface area (Å²) in [5.74, 6) is 1.41. The zero-order valence-corrected chi connectivity index (χ0v) is 11.6. The number of hydrogen-bond donors (Lipinski definition) is 1. The normalized spacial score (nSPS) is 19.1. The van der Waals surface area contributed by atoms with E-state index in [2.05, 4.69) is 46.6 Å². The van der Waals surface area contributed by atoms with E-state index in [1.165, 1.54) is 11.1 Å². The first-order valence-electron chi connectivity index (χ1n) is 6.98. The maximum atomic E-state index is 5.42. The van der Waals surface area contributed by atoms with Gasteiger partial charge in [0.25, 0.3) is 0 Å². The molecule has 1 aromatic carbocycles. The summed E-state index contributed by atoms with van der Waals surface area (Å²) in [6.45, 7) is 4.45. The molecule has 5 heteroatoms. The van der Waals surface area contributed by atoms with Gasteiger partial charge in [0, 0.05) is 25.4 Å². The Balaban J connectivity index is 1.61. The Kier molecular flexibility index (Phi) is 4.08. The minimum atomic E-state index is 0.274. The van der Waals surface area contributed by atoms with Gasteiger partial charge in [0.15, 0.2) is 5.82 Å². The highest BCUT2D eigenvalue weighted by Gasteiger charge is 2.17. The molecule has 1 saturated heterocycles. The average molecular weight is 273 g/mol. The Labute approximate surface area is 118 Å². The third-order valence-corrected chi connectivity index (χ3v) is 3.37. The second kappa shape index (κ2) is 6.15. The summed E-state index contributed by atoms with van der Waals surface area (Å²) in [5, 5.41) is 7.43. The van der Waals surface area contributed by atoms with Crippen LogP contribution < -0.4 is 5.32 Å². The molecular weight excluding hydrogens is 254 g/mol. The summed E-state index contributed by atoms with van der Waals surface area (Å²) in [6, 6.07) is 8.64. The van der Waals surface area contributed by atoms with Gasteiger partial charge < -0.3 is 14.6 Å². The molecule has 1 unspecified atom stereocenters. The fraction of sp³-hybridized carbons (Fsp3) is 0.467. The van der Waals surface area contributed by atoms with E-state index in [-0.39, 0.29) is 6.04 Å². The Hall–Kier alpha value is -1.72. The molecule has 1 aliphatic rings. The van der Waals surface area contributed by atoms with Crippen LogP contribution in [0.15, 0.2) is 28.8 Å². The first-order chi connectivity index (χ1) is 9.79. The molecule has 2 aromatic rings. The Bertz CT molecular complexity index is 562. The van der Waals surface area contributed by atoms with Crippen LogP contribution in [0.5, 0.6) is 0 Å². The third-order valence-electron chi connectivity index (χ3n) is 3.37. The predicted octanol–water partition coefficient (Wildman–Crippen LogP) is 1.50. The molecule has 1 aromatic heterocycles. The summed E-state index contributed by atoms with van der Waals surface area (Å²) >= 11 is 0. The summed E-state index contributed by atoms with van der Waals surface area (Å²) in [5.41, 5.74) is 2.45. The first-order valence-corrected chi connectivity index (χ1v) is 6.98. The van der Waals surface area contributed by atoms with Crippen molar-refractivity contribution in [1.82, 2.24) is 15.5 Å². The van der Waals surface area contributed by atoms with E-state index < -0.39 is 0 Å². The van der Waals surface area contributed by atoms with Crippen LogP contribution in [0.2, 0.25) is 0 Å². The lowest BCUT2D eigenvalue weighted by atomic mass is 10.1. The Morgan fingerprint density at radius 2 is 2.35 bits per heavy atom. The van der Waals surface area contributed by atoms with Crippen molar-refractivity contribution in [1.29, 1.82) is 0 Å². The quantitative estimate of drug-likeness (QED) is 0.914. The fourth-order valence-corrected chi connectivity index (χ4v) is 2.41. The zero-order chi connectivity index (χ0) is 13.8. The van der Waals surface area contributed by atoms with Gasteiger partial charge in [-0.15, -0.1) is 0 Å². The van der Waals surface area contributed by atoms with Gasteiger partial charge in [0.1, 0.15) is 0 Å². The molecule has 1 aliphatic heterocycles. The molecule has 0 spiro atoms. The van der Waals surface area contributed by atoms with Gasteiger partial charge in [-0.2, -0.15) is 4.98 Å². The second-order valence-corrected chi connectivity index (χ2v) is 5.20. The molecular formula is C15H19N3O2. The fourth-order valence-electron chi connectivity index (χ4n) is 2.41. The number of aryl methyl sites for hydroxylation is 1. The second-order valence-electron chi connectivity index (χ2n) is 5.20. The van der Waals surface area contributed by atoms with Crippen LogP contribution in [0.1, 0.15) is 22.8 Å². The van der Waals surface area contributed by atoms with Gasteiger partial charge in [-0.1, -0.05) is 35.0 Å². The number of nitrogens with zero attached hydrogens (tertiary/aromatic N) is 2. The maximum Gasteiger partial charge on any atom is 0.228 e. The molecule has 1 fully saturated rings. The lowest BCUT2D eigenvalue weighted by Gasteiger charge is -2.22. The van der Waals surface area contributed by atoms with E-state index in [0.717, 1.165) is 25.4 Å². The van der Waals surface area contributed by atoms with E-state index in [0.29, 0.717) is 18.9 Å². The van der Waals surface area contributed by atoms with Crippen molar-refractivity contribution in [2.24, 2.45) is 0 Å². The Morgan fingerprint density at radius 3 is 3.15 bits per heavy atom. The van der Waals surface area contributed by atoms with Gasteiger partial charge in [-0.05, 0) is 12.5 Å². The van der Waals surface area contributed by atoms with Crippen molar-refractivity contribution in [2.75, 3.05) is 19.8 Å². The minimum absolute atomic E-state index is 0.274. The van der Waals surface area contributed by atoms with Gasteiger partial charge in [0.2, 0.25) is 5.89 Å². The van der Waals surface area contributed by atoms with E-state index in [9.17, 15) is 0 Å². The van der Waals surface area contributed by atoms with E-state index in [4.69, 9.17) is 9.26 Å². The molecule has 0 aliphatic carbocycles. The minimum Gasteiger partial charge on any atom is -0.378 e. The summed E-state index contributed by atoms with van der Waals surface area (Å²) in [4.78, 5) is 4.46. The Morgan fingerprint density at radius 1 is 1.40 bits per heavy atom. The van der Waals surface area contributed by atoms with Crippen molar-refractivity contribution in [3.63, 3.8) is 0 Å². The number of morpholine rings is 1. The molecule has 1 N–H and O–H groups in total. The van der Waals surface area contributed by atoms with Crippen LogP contribution >= 0.6 is 0 Å². The van der Waals surface area contributed by atoms with E-state index in [1.54, 1.807) is 0 Å². The predicted molar refractivity (Wildman–Crippen MR) is 74.6 cm³/mol. The number of rotatable bonds is 4. The lowest BCUT2D eigenvalue weighted by molar-refractivity contribution is 0.0744.